The second-order valence-electron chi connectivity index (χ2n) is 5.55. The molecule has 1 aliphatic carbocycles. The summed E-state index contributed by atoms with van der Waals surface area (Å²) in [6.07, 6.45) is 0. The number of methoxy groups -OCH3 is 2. The maximum Gasteiger partial charge on any atom is 0.196 e. The third-order valence-corrected chi connectivity index (χ3v) is 4.35. The van der Waals surface area contributed by atoms with Crippen LogP contribution in [0.4, 0.5) is 0 Å². The number of benzene rings is 2. The van der Waals surface area contributed by atoms with Crippen LogP contribution in [0.3, 0.4) is 0 Å². The lowest BCUT2D eigenvalue weighted by Crippen LogP contribution is -2.00. The van der Waals surface area contributed by atoms with E-state index in [0.717, 1.165) is 27.7 Å². The van der Waals surface area contributed by atoms with Gasteiger partial charge in [-0.05, 0) is 19.1 Å². The molecule has 0 fully saturated rings. The summed E-state index contributed by atoms with van der Waals surface area (Å²) in [5.41, 5.74) is 3.86. The van der Waals surface area contributed by atoms with Crippen molar-refractivity contribution >= 4 is 16.6 Å². The van der Waals surface area contributed by atoms with E-state index >= 15 is 0 Å². The summed E-state index contributed by atoms with van der Waals surface area (Å²) in [6.45, 7) is 1.94. The van der Waals surface area contributed by atoms with E-state index in [4.69, 9.17) is 9.47 Å². The summed E-state index contributed by atoms with van der Waals surface area (Å²) < 4.78 is 10.8. The molecule has 1 aliphatic rings. The van der Waals surface area contributed by atoms with Gasteiger partial charge in [0.25, 0.3) is 0 Å². The van der Waals surface area contributed by atoms with E-state index < -0.39 is 0 Å². The second kappa shape index (κ2) is 4.81. The number of carbonyl (C=O) groups is 1. The van der Waals surface area contributed by atoms with Crippen molar-refractivity contribution in [1.29, 1.82) is 0 Å². The van der Waals surface area contributed by atoms with Gasteiger partial charge in [0.2, 0.25) is 0 Å². The third kappa shape index (κ3) is 1.78. The SMILES string of the molecule is COc1cc2c(C)nc3c(c2cc1OC)C(=O)c1ccccc1-3. The molecule has 0 amide bonds. The Morgan fingerprint density at radius 1 is 0.913 bits per heavy atom. The molecule has 114 valence electrons. The number of ether oxygens (including phenoxy) is 2. The van der Waals surface area contributed by atoms with Crippen molar-refractivity contribution in [3.63, 3.8) is 0 Å². The standard InChI is InChI=1S/C19H15NO3/c1-10-13-8-15(22-2)16(23-3)9-14(13)17-18(20-10)11-6-4-5-7-12(11)19(17)21/h4-9H,1-3H3. The predicted octanol–water partition coefficient (Wildman–Crippen LogP) is 3.77. The molecular formula is C19H15NO3. The summed E-state index contributed by atoms with van der Waals surface area (Å²) in [7, 11) is 3.19. The molecule has 0 unspecified atom stereocenters. The molecule has 0 aliphatic heterocycles. The van der Waals surface area contributed by atoms with Crippen LogP contribution in [0.15, 0.2) is 36.4 Å². The molecule has 0 saturated heterocycles. The van der Waals surface area contributed by atoms with Gasteiger partial charge in [0.15, 0.2) is 17.3 Å². The second-order valence-corrected chi connectivity index (χ2v) is 5.55. The van der Waals surface area contributed by atoms with Gasteiger partial charge in [-0.3, -0.25) is 9.78 Å². The topological polar surface area (TPSA) is 48.4 Å². The number of hydrogen-bond acceptors (Lipinski definition) is 4. The van der Waals surface area contributed by atoms with Gasteiger partial charge in [-0.15, -0.1) is 0 Å². The van der Waals surface area contributed by atoms with E-state index in [-0.39, 0.29) is 5.78 Å². The lowest BCUT2D eigenvalue weighted by molar-refractivity contribution is 0.104. The largest absolute Gasteiger partial charge is 0.493 e. The molecule has 0 spiro atoms. The van der Waals surface area contributed by atoms with Crippen molar-refractivity contribution in [2.45, 2.75) is 6.92 Å². The average molecular weight is 305 g/mol. The molecule has 0 N–H and O–H groups in total. The Morgan fingerprint density at radius 2 is 1.52 bits per heavy atom. The number of aryl methyl sites for hydroxylation is 1. The van der Waals surface area contributed by atoms with Gasteiger partial charge in [0.1, 0.15) is 0 Å². The van der Waals surface area contributed by atoms with Gasteiger partial charge in [-0.25, -0.2) is 0 Å². The molecule has 0 atom stereocenters. The van der Waals surface area contributed by atoms with Gasteiger partial charge in [0, 0.05) is 27.6 Å². The number of pyridine rings is 1. The summed E-state index contributed by atoms with van der Waals surface area (Å²) >= 11 is 0. The molecule has 1 aromatic heterocycles. The molecule has 4 heteroatoms. The molecule has 0 saturated carbocycles. The molecule has 4 rings (SSSR count). The van der Waals surface area contributed by atoms with Gasteiger partial charge in [-0.1, -0.05) is 24.3 Å². The van der Waals surface area contributed by atoms with Crippen molar-refractivity contribution in [3.8, 4) is 22.8 Å². The van der Waals surface area contributed by atoms with Gasteiger partial charge >= 0.3 is 0 Å². The number of fused-ring (bicyclic) bond motifs is 5. The summed E-state index contributed by atoms with van der Waals surface area (Å²) in [5.74, 6) is 1.25. The Kier molecular flexibility index (Phi) is 2.88. The smallest absolute Gasteiger partial charge is 0.196 e. The maximum atomic E-state index is 12.9. The van der Waals surface area contributed by atoms with Crippen molar-refractivity contribution in [2.75, 3.05) is 14.2 Å². The van der Waals surface area contributed by atoms with Crippen LogP contribution >= 0.6 is 0 Å². The number of carbonyl (C=O) groups excluding carboxylic acids is 1. The van der Waals surface area contributed by atoms with Crippen LogP contribution in [0.25, 0.3) is 22.0 Å². The first-order chi connectivity index (χ1) is 11.2. The Morgan fingerprint density at radius 3 is 2.17 bits per heavy atom. The zero-order valence-corrected chi connectivity index (χ0v) is 13.1. The van der Waals surface area contributed by atoms with E-state index in [0.29, 0.717) is 22.6 Å². The molecule has 0 radical (unpaired) electrons. The Hall–Kier alpha value is -2.88. The van der Waals surface area contributed by atoms with Crippen LogP contribution < -0.4 is 9.47 Å². The van der Waals surface area contributed by atoms with E-state index in [2.05, 4.69) is 4.98 Å². The van der Waals surface area contributed by atoms with Gasteiger partial charge in [-0.2, -0.15) is 0 Å². The molecular weight excluding hydrogens is 290 g/mol. The van der Waals surface area contributed by atoms with Crippen molar-refractivity contribution in [2.24, 2.45) is 0 Å². The highest BCUT2D eigenvalue weighted by atomic mass is 16.5. The highest BCUT2D eigenvalue weighted by molar-refractivity contribution is 6.27. The minimum atomic E-state index is 0.0142. The van der Waals surface area contributed by atoms with Gasteiger partial charge < -0.3 is 9.47 Å². The summed E-state index contributed by atoms with van der Waals surface area (Å²) in [6, 6.07) is 11.3. The fourth-order valence-corrected chi connectivity index (χ4v) is 3.24. The summed E-state index contributed by atoms with van der Waals surface area (Å²) in [4.78, 5) is 17.5. The number of aromatic nitrogens is 1. The average Bonchev–Trinajstić information content (AvgIpc) is 2.87. The van der Waals surface area contributed by atoms with Crippen LogP contribution in [-0.2, 0) is 0 Å². The molecule has 23 heavy (non-hydrogen) atoms. The van der Waals surface area contributed by atoms with Crippen LogP contribution in [-0.4, -0.2) is 25.0 Å². The van der Waals surface area contributed by atoms with Crippen LogP contribution in [0.2, 0.25) is 0 Å². The number of nitrogens with zero attached hydrogens (tertiary/aromatic N) is 1. The highest BCUT2D eigenvalue weighted by Gasteiger charge is 2.30. The molecule has 3 aromatic rings. The minimum absolute atomic E-state index is 0.0142. The van der Waals surface area contributed by atoms with Crippen molar-refractivity contribution in [1.82, 2.24) is 4.98 Å². The molecule has 2 aromatic carbocycles. The number of rotatable bonds is 2. The van der Waals surface area contributed by atoms with Crippen LogP contribution in [0, 0.1) is 6.92 Å². The number of ketones is 1. The van der Waals surface area contributed by atoms with Crippen LogP contribution in [0.5, 0.6) is 11.5 Å². The molecule has 4 nitrogen and oxygen atoms in total. The lowest BCUT2D eigenvalue weighted by atomic mass is 10.0. The first kappa shape index (κ1) is 13.8. The first-order valence-electron chi connectivity index (χ1n) is 7.36. The molecule has 0 bridgehead atoms. The fraction of sp³-hybridized carbons (Fsp3) is 0.158. The first-order valence-corrected chi connectivity index (χ1v) is 7.36. The van der Waals surface area contributed by atoms with E-state index in [9.17, 15) is 4.79 Å². The van der Waals surface area contributed by atoms with Crippen molar-refractivity contribution < 1.29 is 14.3 Å². The third-order valence-electron chi connectivity index (χ3n) is 4.35. The zero-order valence-electron chi connectivity index (χ0n) is 13.1. The lowest BCUT2D eigenvalue weighted by Gasteiger charge is -2.13. The van der Waals surface area contributed by atoms with Gasteiger partial charge in [0.05, 0.1) is 25.5 Å². The Balaban J connectivity index is 2.13. The quantitative estimate of drug-likeness (QED) is 0.565. The minimum Gasteiger partial charge on any atom is -0.493 e. The van der Waals surface area contributed by atoms with E-state index in [1.54, 1.807) is 14.2 Å². The normalized spacial score (nSPS) is 12.2. The van der Waals surface area contributed by atoms with Crippen LogP contribution in [0.1, 0.15) is 21.6 Å². The molecule has 1 heterocycles. The van der Waals surface area contributed by atoms with Crippen molar-refractivity contribution in [3.05, 3.63) is 53.2 Å². The maximum absolute atomic E-state index is 12.9. The Labute approximate surface area is 133 Å². The fourth-order valence-electron chi connectivity index (χ4n) is 3.24. The van der Waals surface area contributed by atoms with E-state index in [1.165, 1.54) is 0 Å². The zero-order chi connectivity index (χ0) is 16.1. The predicted molar refractivity (Wildman–Crippen MR) is 88.5 cm³/mol. The highest BCUT2D eigenvalue weighted by Crippen LogP contribution is 2.42. The Bertz CT molecular complexity index is 976. The summed E-state index contributed by atoms with van der Waals surface area (Å²) in [5, 5.41) is 1.76. The number of hydrogen-bond donors (Lipinski definition) is 0. The van der Waals surface area contributed by atoms with E-state index in [1.807, 2.05) is 43.3 Å². The monoisotopic (exact) mass is 305 g/mol.